The summed E-state index contributed by atoms with van der Waals surface area (Å²) in [7, 11) is 3.32. The van der Waals surface area contributed by atoms with Gasteiger partial charge in [-0.3, -0.25) is 0 Å². The molecule has 6 heteroatoms. The Labute approximate surface area is 179 Å². The van der Waals surface area contributed by atoms with Crippen LogP contribution in [0.3, 0.4) is 0 Å². The van der Waals surface area contributed by atoms with Crippen LogP contribution in [0.5, 0.6) is 11.5 Å². The summed E-state index contributed by atoms with van der Waals surface area (Å²) in [5.74, 6) is 1.29. The van der Waals surface area contributed by atoms with Gasteiger partial charge in [0.15, 0.2) is 0 Å². The van der Waals surface area contributed by atoms with E-state index in [-0.39, 0.29) is 5.82 Å². The van der Waals surface area contributed by atoms with E-state index in [0.29, 0.717) is 12.2 Å². The summed E-state index contributed by atoms with van der Waals surface area (Å²) < 4.78 is 26.6. The first kappa shape index (κ1) is 19.1. The van der Waals surface area contributed by atoms with Gasteiger partial charge in [0, 0.05) is 28.3 Å². The van der Waals surface area contributed by atoms with Crippen molar-refractivity contribution in [2.45, 2.75) is 6.54 Å². The fraction of sp³-hybridized carbons (Fsp3) is 0.120. The molecule has 2 aliphatic rings. The lowest BCUT2D eigenvalue weighted by Gasteiger charge is -2.17. The second-order valence-electron chi connectivity index (χ2n) is 7.27. The van der Waals surface area contributed by atoms with Crippen molar-refractivity contribution >= 4 is 10.9 Å². The molecule has 2 aliphatic heterocycles. The quantitative estimate of drug-likeness (QED) is 0.387. The van der Waals surface area contributed by atoms with Crippen LogP contribution >= 0.6 is 0 Å². The van der Waals surface area contributed by atoms with Crippen LogP contribution in [0.4, 0.5) is 4.39 Å². The first-order valence-corrected chi connectivity index (χ1v) is 9.89. The molecule has 31 heavy (non-hydrogen) atoms. The highest BCUT2D eigenvalue weighted by atomic mass is 19.1. The van der Waals surface area contributed by atoms with Gasteiger partial charge in [0.2, 0.25) is 0 Å². The van der Waals surface area contributed by atoms with Gasteiger partial charge in [-0.15, -0.1) is 10.2 Å². The van der Waals surface area contributed by atoms with Gasteiger partial charge in [0.1, 0.15) is 28.7 Å². The average molecular weight is 413 g/mol. The minimum Gasteiger partial charge on any atom is -0.497 e. The molecule has 2 heterocycles. The molecule has 0 spiro atoms. The molecule has 0 saturated heterocycles. The van der Waals surface area contributed by atoms with Crippen molar-refractivity contribution in [1.82, 2.24) is 14.8 Å². The molecule has 0 unspecified atom stereocenters. The Bertz CT molecular complexity index is 1350. The van der Waals surface area contributed by atoms with Gasteiger partial charge in [-0.25, -0.2) is 4.39 Å². The van der Waals surface area contributed by atoms with Crippen molar-refractivity contribution in [3.05, 3.63) is 84.3 Å². The highest BCUT2D eigenvalue weighted by Gasteiger charge is 2.21. The molecule has 0 atom stereocenters. The van der Waals surface area contributed by atoms with E-state index < -0.39 is 0 Å². The van der Waals surface area contributed by atoms with Gasteiger partial charge in [0.05, 0.1) is 26.3 Å². The molecular formula is C25H20FN3O2. The van der Waals surface area contributed by atoms with Crippen LogP contribution in [-0.2, 0) is 6.54 Å². The van der Waals surface area contributed by atoms with Gasteiger partial charge >= 0.3 is 0 Å². The summed E-state index contributed by atoms with van der Waals surface area (Å²) in [5, 5.41) is 9.83. The minimum absolute atomic E-state index is 0.283. The molecule has 0 radical (unpaired) electrons. The van der Waals surface area contributed by atoms with Crippen molar-refractivity contribution in [2.75, 3.05) is 14.2 Å². The maximum atomic E-state index is 13.4. The maximum absolute atomic E-state index is 13.4. The fourth-order valence-electron chi connectivity index (χ4n) is 3.92. The number of para-hydroxylation sites is 1. The van der Waals surface area contributed by atoms with E-state index >= 15 is 0 Å². The van der Waals surface area contributed by atoms with E-state index in [1.54, 1.807) is 26.4 Å². The number of nitrogens with zero attached hydrogens (tertiary/aromatic N) is 3. The molecule has 154 valence electrons. The standard InChI is InChI=1S/C25H20FN3O2/c1-30-19-11-12-22-20(13-19)25-21(24(27-28-25)16-7-9-18(26)10-8-16)15-29(22)14-17-5-3-4-6-23(17)31-2/h3-13,15H,14H2,1-2H3. The smallest absolute Gasteiger partial charge is 0.123 e. The second kappa shape index (κ2) is 7.72. The molecule has 0 N–H and O–H groups in total. The van der Waals surface area contributed by atoms with Crippen LogP contribution in [-0.4, -0.2) is 29.0 Å². The summed E-state index contributed by atoms with van der Waals surface area (Å²) in [6.45, 7) is 0.608. The maximum Gasteiger partial charge on any atom is 0.123 e. The third-order valence-electron chi connectivity index (χ3n) is 5.46. The van der Waals surface area contributed by atoms with Crippen molar-refractivity contribution in [3.63, 3.8) is 0 Å². The number of ether oxygens (including phenoxy) is 2. The highest BCUT2D eigenvalue weighted by Crippen LogP contribution is 2.38. The van der Waals surface area contributed by atoms with Crippen LogP contribution in [0.15, 0.2) is 72.9 Å². The SMILES string of the molecule is COc1ccc2c(c1)c1nnc(-c3ccc(F)cc3)c-1cn2Cc1ccccc1OC. The number of pyridine rings is 1. The summed E-state index contributed by atoms with van der Waals surface area (Å²) in [4.78, 5) is 0. The van der Waals surface area contributed by atoms with Crippen molar-refractivity contribution in [2.24, 2.45) is 0 Å². The van der Waals surface area contributed by atoms with Crippen molar-refractivity contribution in [1.29, 1.82) is 0 Å². The number of aromatic nitrogens is 3. The molecule has 0 bridgehead atoms. The number of methoxy groups -OCH3 is 2. The number of hydrogen-bond donors (Lipinski definition) is 0. The number of hydrogen-bond acceptors (Lipinski definition) is 4. The van der Waals surface area contributed by atoms with E-state index in [0.717, 1.165) is 44.8 Å². The molecule has 3 aromatic rings. The monoisotopic (exact) mass is 413 g/mol. The normalized spacial score (nSPS) is 11.2. The molecule has 0 amide bonds. The minimum atomic E-state index is -0.283. The first-order valence-electron chi connectivity index (χ1n) is 9.89. The third-order valence-corrected chi connectivity index (χ3v) is 5.46. The Kier molecular flexibility index (Phi) is 4.75. The lowest BCUT2D eigenvalue weighted by atomic mass is 10.0. The molecular weight excluding hydrogens is 393 g/mol. The largest absolute Gasteiger partial charge is 0.497 e. The first-order chi connectivity index (χ1) is 15.2. The van der Waals surface area contributed by atoms with Gasteiger partial charge < -0.3 is 14.0 Å². The van der Waals surface area contributed by atoms with E-state index in [4.69, 9.17) is 9.47 Å². The Morgan fingerprint density at radius 3 is 2.42 bits per heavy atom. The number of fused-ring (bicyclic) bond motifs is 3. The predicted octanol–water partition coefficient (Wildman–Crippen LogP) is 5.41. The number of benzene rings is 3. The summed E-state index contributed by atoms with van der Waals surface area (Å²) in [5.41, 5.74) is 5.27. The van der Waals surface area contributed by atoms with Crippen molar-refractivity contribution < 1.29 is 13.9 Å². The lowest BCUT2D eigenvalue weighted by molar-refractivity contribution is 0.408. The fourth-order valence-corrected chi connectivity index (χ4v) is 3.92. The number of halogens is 1. The van der Waals surface area contributed by atoms with Gasteiger partial charge in [0.25, 0.3) is 0 Å². The Hall–Kier alpha value is -3.93. The lowest BCUT2D eigenvalue weighted by Crippen LogP contribution is -2.05. The molecule has 3 aromatic carbocycles. The Morgan fingerprint density at radius 1 is 0.871 bits per heavy atom. The zero-order chi connectivity index (χ0) is 21.4. The predicted molar refractivity (Wildman–Crippen MR) is 118 cm³/mol. The highest BCUT2D eigenvalue weighted by molar-refractivity contribution is 5.98. The topological polar surface area (TPSA) is 49.2 Å². The zero-order valence-electron chi connectivity index (χ0n) is 17.2. The molecule has 5 nitrogen and oxygen atoms in total. The second-order valence-corrected chi connectivity index (χ2v) is 7.27. The molecule has 5 rings (SSSR count). The van der Waals surface area contributed by atoms with E-state index in [9.17, 15) is 4.39 Å². The summed E-state index contributed by atoms with van der Waals surface area (Å²) in [6.07, 6.45) is 2.05. The van der Waals surface area contributed by atoms with Gasteiger partial charge in [-0.2, -0.15) is 0 Å². The molecule has 0 aliphatic carbocycles. The number of rotatable bonds is 5. The Morgan fingerprint density at radius 2 is 1.65 bits per heavy atom. The van der Waals surface area contributed by atoms with Crippen LogP contribution in [0.2, 0.25) is 0 Å². The van der Waals surface area contributed by atoms with Crippen LogP contribution < -0.4 is 9.47 Å². The summed E-state index contributed by atoms with van der Waals surface area (Å²) in [6, 6.07) is 20.2. The van der Waals surface area contributed by atoms with Gasteiger partial charge in [-0.05, 0) is 48.5 Å². The van der Waals surface area contributed by atoms with Crippen LogP contribution in [0.1, 0.15) is 5.56 Å². The average Bonchev–Trinajstić information content (AvgIpc) is 3.23. The summed E-state index contributed by atoms with van der Waals surface area (Å²) >= 11 is 0. The molecule has 0 aromatic heterocycles. The van der Waals surface area contributed by atoms with E-state index in [1.165, 1.54) is 12.1 Å². The van der Waals surface area contributed by atoms with Crippen LogP contribution in [0.25, 0.3) is 33.4 Å². The molecule has 0 fully saturated rings. The van der Waals surface area contributed by atoms with Crippen molar-refractivity contribution in [3.8, 4) is 34.0 Å². The zero-order valence-corrected chi connectivity index (χ0v) is 17.2. The third kappa shape index (κ3) is 3.36. The Balaban J connectivity index is 1.74. The van der Waals surface area contributed by atoms with Gasteiger partial charge in [-0.1, -0.05) is 18.2 Å². The van der Waals surface area contributed by atoms with Crippen LogP contribution in [0, 0.1) is 5.82 Å². The van der Waals surface area contributed by atoms with E-state index in [1.807, 2.05) is 42.5 Å². The van der Waals surface area contributed by atoms with E-state index in [2.05, 4.69) is 21.0 Å². The molecule has 0 saturated carbocycles.